The minimum absolute atomic E-state index is 0.847. The van der Waals surface area contributed by atoms with E-state index >= 15 is 0 Å². The van der Waals surface area contributed by atoms with Crippen molar-refractivity contribution in [1.29, 1.82) is 0 Å². The smallest absolute Gasteiger partial charge is 0.105 e. The van der Waals surface area contributed by atoms with E-state index in [1.807, 2.05) is 53.0 Å². The van der Waals surface area contributed by atoms with Gasteiger partial charge in [-0.25, -0.2) is 19.9 Å². The molecule has 0 atom stereocenters. The molecule has 18 rings (SSSR count). The molecular formula is C120H142Br2N6S4Sn2. The number of nitrogens with zero attached hydrogens (tertiary/aromatic N) is 6. The molecule has 0 N–H and O–H groups in total. The van der Waals surface area contributed by atoms with Crippen LogP contribution in [0.15, 0.2) is 203 Å². The van der Waals surface area contributed by atoms with Gasteiger partial charge in [0.2, 0.25) is 0 Å². The first-order chi connectivity index (χ1) is 65.2. The van der Waals surface area contributed by atoms with E-state index in [-0.39, 0.29) is 0 Å². The van der Waals surface area contributed by atoms with Gasteiger partial charge in [-0.05, 0) is 160 Å². The maximum absolute atomic E-state index is 5.73. The van der Waals surface area contributed by atoms with Crippen LogP contribution in [-0.2, 0) is 38.8 Å². The third kappa shape index (κ3) is 22.6. The summed E-state index contributed by atoms with van der Waals surface area (Å²) >= 11 is 11.5. The molecule has 0 saturated heterocycles. The Morgan fingerprint density at radius 3 is 1.02 bits per heavy atom. The van der Waals surface area contributed by atoms with Gasteiger partial charge in [-0.2, -0.15) is 0 Å². The molecule has 8 heterocycles. The predicted octanol–water partition coefficient (Wildman–Crippen LogP) is 38.8. The van der Waals surface area contributed by atoms with Crippen molar-refractivity contribution in [3.8, 4) is 55.5 Å². The van der Waals surface area contributed by atoms with Crippen LogP contribution in [0.5, 0.6) is 0 Å². The normalized spacial score (nSPS) is 12.1. The molecule has 0 fully saturated rings. The Labute approximate surface area is 840 Å². The van der Waals surface area contributed by atoms with Crippen molar-refractivity contribution < 1.29 is 0 Å². The summed E-state index contributed by atoms with van der Waals surface area (Å²) in [6.07, 6.45) is 42.1. The summed E-state index contributed by atoms with van der Waals surface area (Å²) in [5.41, 5.74) is 25.8. The summed E-state index contributed by atoms with van der Waals surface area (Å²) in [7, 11) is 0. The number of aromatic nitrogens is 6. The summed E-state index contributed by atoms with van der Waals surface area (Å²) < 4.78 is 16.6. The summed E-state index contributed by atoms with van der Waals surface area (Å²) in [5, 5.41) is 11.5. The zero-order valence-electron chi connectivity index (χ0n) is 82.6. The Balaban J connectivity index is 0.000000157. The van der Waals surface area contributed by atoms with E-state index < -0.39 is 36.8 Å². The van der Waals surface area contributed by atoms with E-state index in [4.69, 9.17) is 19.9 Å². The van der Waals surface area contributed by atoms with Crippen molar-refractivity contribution in [2.24, 2.45) is 0 Å². The number of thiophene rings is 4. The van der Waals surface area contributed by atoms with Gasteiger partial charge in [-0.15, -0.1) is 22.7 Å². The van der Waals surface area contributed by atoms with Crippen molar-refractivity contribution in [3.05, 3.63) is 236 Å². The van der Waals surface area contributed by atoms with E-state index in [1.54, 1.807) is 48.2 Å². The molecule has 8 aromatic heterocycles. The van der Waals surface area contributed by atoms with Crippen LogP contribution in [0.1, 0.15) is 254 Å². The van der Waals surface area contributed by atoms with Crippen LogP contribution >= 0.6 is 77.2 Å². The first-order valence-electron chi connectivity index (χ1n) is 51.3. The number of hydrogen-bond donors (Lipinski definition) is 0. The Morgan fingerprint density at radius 1 is 0.276 bits per heavy atom. The van der Waals surface area contributed by atoms with Crippen LogP contribution in [0.2, 0.25) is 29.6 Å². The van der Waals surface area contributed by atoms with Crippen molar-refractivity contribution in [3.63, 3.8) is 0 Å². The SMILES string of the molecule is CCCCCCCCc1c(CCCCCCCC)c2c[c]([Sn]([CH3])([CH3])[CH3])sc2c2s[c]([Sn]([CH3])([CH3])[CH3])cc12.CCCCCCCCc1c(CCCCCCCC)c2cc(-c3ccc(C)c4nc(-c5ccc6c7ccccc7n(CCCC)c6c5)c(-c5ccccc5)nc34)sc2c2sc(C)cc12.CCCCn1c2ccccc2c2ccc(-c3nc4c(Br)ccc(Br)c4nc3-c3ccccc3)cc21. The van der Waals surface area contributed by atoms with Crippen molar-refractivity contribution in [1.82, 2.24) is 29.1 Å². The van der Waals surface area contributed by atoms with Gasteiger partial charge in [0.15, 0.2) is 0 Å². The topological polar surface area (TPSA) is 61.4 Å². The summed E-state index contributed by atoms with van der Waals surface area (Å²) in [6.45, 7) is 20.3. The summed E-state index contributed by atoms with van der Waals surface area (Å²) in [6, 6.07) is 71.4. The Morgan fingerprint density at radius 2 is 0.612 bits per heavy atom. The second-order valence-electron chi connectivity index (χ2n) is 40.1. The molecule has 0 amide bonds. The summed E-state index contributed by atoms with van der Waals surface area (Å²) in [4.78, 5) is 40.0. The van der Waals surface area contributed by atoms with Crippen LogP contribution in [0.4, 0.5) is 0 Å². The van der Waals surface area contributed by atoms with E-state index in [2.05, 4.69) is 312 Å². The zero-order valence-corrected chi connectivity index (χ0v) is 94.7. The first-order valence-corrected chi connectivity index (χ1v) is 76.1. The number of benzene rings is 10. The van der Waals surface area contributed by atoms with Gasteiger partial charge >= 0.3 is 242 Å². The fourth-order valence-corrected chi connectivity index (χ4v) is 36.5. The molecule has 698 valence electrons. The number of fused-ring (bicyclic) bond motifs is 14. The van der Waals surface area contributed by atoms with Gasteiger partial charge < -0.3 is 9.13 Å². The molecule has 0 aliphatic carbocycles. The fourth-order valence-electron chi connectivity index (χ4n) is 20.3. The molecule has 10 aromatic carbocycles. The Kier molecular flexibility index (Phi) is 34.9. The number of halogens is 2. The van der Waals surface area contributed by atoms with Crippen molar-refractivity contribution >= 4 is 226 Å². The van der Waals surface area contributed by atoms with E-state index in [0.29, 0.717) is 0 Å². The van der Waals surface area contributed by atoms with Gasteiger partial charge in [0.25, 0.3) is 0 Å². The maximum atomic E-state index is 5.73. The summed E-state index contributed by atoms with van der Waals surface area (Å²) in [5.74, 6) is 0. The zero-order chi connectivity index (χ0) is 93.6. The molecule has 0 bridgehead atoms. The third-order valence-electron chi connectivity index (χ3n) is 27.8. The molecule has 134 heavy (non-hydrogen) atoms. The average Bonchev–Trinajstić information content (AvgIpc) is 1.58. The second kappa shape index (κ2) is 46.8. The van der Waals surface area contributed by atoms with Crippen LogP contribution in [0.25, 0.3) is 161 Å². The molecular weight excluding hydrogens is 2050 g/mol. The molecule has 0 spiro atoms. The monoisotopic (exact) mass is 2190 g/mol. The number of rotatable bonds is 41. The van der Waals surface area contributed by atoms with Gasteiger partial charge in [0.1, 0.15) is 11.0 Å². The minimum Gasteiger partial charge on any atom is -0.340 e. The Hall–Kier alpha value is -7.12. The maximum Gasteiger partial charge on any atom is 0.105 e. The van der Waals surface area contributed by atoms with E-state index in [9.17, 15) is 0 Å². The Bertz CT molecular complexity index is 6980. The van der Waals surface area contributed by atoms with Crippen LogP contribution in [-0.4, -0.2) is 65.8 Å². The largest absolute Gasteiger partial charge is 0.340 e. The quantitative estimate of drug-likeness (QED) is 0.0283. The van der Waals surface area contributed by atoms with Crippen molar-refractivity contribution in [2.75, 3.05) is 0 Å². The molecule has 0 unspecified atom stereocenters. The number of aryl methyl sites for hydroxylation is 8. The molecule has 6 nitrogen and oxygen atoms in total. The first kappa shape index (κ1) is 99.9. The number of hydrogen-bond acceptors (Lipinski definition) is 8. The molecule has 0 aliphatic heterocycles. The standard InChI is InChI=1S/C58H65N3S2.C30H23Br2N3.C26H36S2.6CH3.2Sn/c1-6-9-12-14-16-21-27-43-44(28-22-17-15-13-10-7-2)49-38-52(63-58(49)57-48(43)36-40(5)62-57)47-33-31-39(4)53-56(47)60-54(41-25-19-18-20-26-41)55(59-53)42-32-34-46-45-29-23-24-30-50(45)61(35-11-8-3)51(46)37-42;1-2-3-17-35-25-12-8-7-11-21(25)22-14-13-20(18-26(22)35)28-27(19-9-5-4-6-10-19)33-29-23(31)15-16-24(32)30(29)34-28;1-3-5-7-9-11-13-15-21-22(16-14-12-10-8-6-4-2)24-18-20-28-26(24)25-23(21)17-19-27-25;;;;;;;;/h18-20,23-26,29-34,36-38H,6-17,21-22,27-28,35H2,1-5H3;4-16,18H,2-3,17H2,1H3;17-18H,3-16H2,1-2H3;6*1H3;;. The van der Waals surface area contributed by atoms with Crippen LogP contribution in [0, 0.1) is 13.8 Å². The average molecular weight is 2190 g/mol. The van der Waals surface area contributed by atoms with Gasteiger partial charge in [-0.3, -0.25) is 0 Å². The van der Waals surface area contributed by atoms with Gasteiger partial charge in [0, 0.05) is 103 Å². The van der Waals surface area contributed by atoms with Crippen molar-refractivity contribution in [2.45, 2.75) is 304 Å². The molecule has 0 radical (unpaired) electrons. The fraction of sp³-hybridized carbons (Fsp3) is 0.400. The minimum atomic E-state index is -2.13. The molecule has 14 heteroatoms. The molecule has 0 saturated carbocycles. The van der Waals surface area contributed by atoms with Gasteiger partial charge in [0.05, 0.1) is 43.2 Å². The second-order valence-corrected chi connectivity index (χ2v) is 77.0. The van der Waals surface area contributed by atoms with E-state index in [1.165, 1.54) is 252 Å². The van der Waals surface area contributed by atoms with Gasteiger partial charge in [-0.1, -0.05) is 238 Å². The van der Waals surface area contributed by atoms with E-state index in [0.717, 1.165) is 127 Å². The predicted molar refractivity (Wildman–Crippen MR) is 609 cm³/mol. The number of unbranched alkanes of at least 4 members (excludes halogenated alkanes) is 22. The number of para-hydroxylation sites is 2. The third-order valence-corrected chi connectivity index (χ3v) is 52.7. The molecule has 18 aromatic rings. The van der Waals surface area contributed by atoms with Crippen LogP contribution < -0.4 is 5.79 Å². The molecule has 0 aliphatic rings. The van der Waals surface area contributed by atoms with Crippen LogP contribution in [0.3, 0.4) is 0 Å².